The number of aliphatic hydroxyl groups excluding tert-OH is 1. The molecule has 3 N–H and O–H groups in total. The Morgan fingerprint density at radius 3 is 2.33 bits per heavy atom. The summed E-state index contributed by atoms with van der Waals surface area (Å²) in [7, 11) is 2.09. The molecule has 48 heavy (non-hydrogen) atoms. The zero-order chi connectivity index (χ0) is 33.1. The summed E-state index contributed by atoms with van der Waals surface area (Å²) in [6.07, 6.45) is 2.39. The number of likely N-dealkylation sites (N-methyl/N-ethyl adjacent to an activating group) is 1. The van der Waals surface area contributed by atoms with Gasteiger partial charge in [-0.15, -0.1) is 0 Å². The average Bonchev–Trinajstić information content (AvgIpc) is 3.12. The van der Waals surface area contributed by atoms with Crippen LogP contribution in [-0.4, -0.2) is 47.3 Å². The van der Waals surface area contributed by atoms with Gasteiger partial charge in [-0.2, -0.15) is 0 Å². The Labute approximate surface area is 281 Å². The summed E-state index contributed by atoms with van der Waals surface area (Å²) in [5.41, 5.74) is 4.97. The predicted molar refractivity (Wildman–Crippen MR) is 186 cm³/mol. The minimum Gasteiger partial charge on any atom is -0.457 e. The number of rotatable bonds is 12. The zero-order valence-electron chi connectivity index (χ0n) is 26.9. The third kappa shape index (κ3) is 9.27. The molecular weight excluding hydrogens is 604 g/mol. The summed E-state index contributed by atoms with van der Waals surface area (Å²) >= 11 is 0. The van der Waals surface area contributed by atoms with Gasteiger partial charge in [-0.05, 0) is 78.8 Å². The number of aliphatic hydroxyl groups is 1. The topological polar surface area (TPSA) is 105 Å². The van der Waals surface area contributed by atoms with E-state index in [-0.39, 0.29) is 24.8 Å². The van der Waals surface area contributed by atoms with Gasteiger partial charge in [0.2, 0.25) is 0 Å². The first-order chi connectivity index (χ1) is 23.5. The van der Waals surface area contributed by atoms with Crippen molar-refractivity contribution in [3.63, 3.8) is 0 Å². The number of amides is 2. The number of aromatic nitrogens is 1. The van der Waals surface area contributed by atoms with Crippen LogP contribution in [-0.2, 0) is 22.5 Å². The standard InChI is InChI=1S/C39H40N4O5/c1-43(23-21-31-9-5-6-22-40-31)26-36-25-37(29-15-13-28(27-44)14-16-29)48-38(47-36)30-8-7-10-33(24-30)42-39(45)41-32-17-19-35(20-18-32)46-34-11-3-2-4-12-34/h2-20,22,24,36-38,44H,21,23,25-27H2,1H3,(H2,41,42,45)/t36-,37+,38+/m0/s1. The molecule has 1 fully saturated rings. The van der Waals surface area contributed by atoms with Crippen molar-refractivity contribution in [2.24, 2.45) is 0 Å². The minimum atomic E-state index is -0.641. The number of hydrogen-bond donors (Lipinski definition) is 3. The van der Waals surface area contributed by atoms with Crippen molar-refractivity contribution in [1.82, 2.24) is 9.88 Å². The van der Waals surface area contributed by atoms with Crippen LogP contribution >= 0.6 is 0 Å². The highest BCUT2D eigenvalue weighted by Gasteiger charge is 2.33. The highest BCUT2D eigenvalue weighted by molar-refractivity contribution is 5.99. The molecule has 2 heterocycles. The Morgan fingerprint density at radius 1 is 0.833 bits per heavy atom. The zero-order valence-corrected chi connectivity index (χ0v) is 26.9. The number of para-hydroxylation sites is 1. The van der Waals surface area contributed by atoms with Gasteiger partial charge in [0.25, 0.3) is 0 Å². The van der Waals surface area contributed by atoms with Crippen molar-refractivity contribution in [1.29, 1.82) is 0 Å². The van der Waals surface area contributed by atoms with Gasteiger partial charge in [-0.3, -0.25) is 4.98 Å². The van der Waals surface area contributed by atoms with Crippen LogP contribution in [0, 0.1) is 0 Å². The SMILES string of the molecule is CN(CCc1ccccn1)C[C@@H]1C[C@H](c2ccc(CO)cc2)O[C@H](c2cccc(NC(=O)Nc3ccc(Oc4ccccc4)cc3)c2)O1. The van der Waals surface area contributed by atoms with Crippen LogP contribution in [0.25, 0.3) is 0 Å². The molecule has 1 saturated heterocycles. The lowest BCUT2D eigenvalue weighted by Crippen LogP contribution is -2.38. The number of ether oxygens (including phenoxy) is 3. The maximum atomic E-state index is 12.9. The number of pyridine rings is 1. The van der Waals surface area contributed by atoms with Crippen LogP contribution < -0.4 is 15.4 Å². The second-order valence-corrected chi connectivity index (χ2v) is 11.8. The van der Waals surface area contributed by atoms with Crippen LogP contribution in [0.15, 0.2) is 128 Å². The Bertz CT molecular complexity index is 1740. The fourth-order valence-corrected chi connectivity index (χ4v) is 5.61. The summed E-state index contributed by atoms with van der Waals surface area (Å²) in [5, 5.41) is 15.3. The summed E-state index contributed by atoms with van der Waals surface area (Å²) in [5.74, 6) is 1.42. The van der Waals surface area contributed by atoms with Gasteiger partial charge in [0.05, 0.1) is 18.8 Å². The molecule has 0 spiro atoms. The lowest BCUT2D eigenvalue weighted by atomic mass is 9.99. The van der Waals surface area contributed by atoms with E-state index in [1.807, 2.05) is 103 Å². The van der Waals surface area contributed by atoms with E-state index in [0.29, 0.717) is 30.1 Å². The van der Waals surface area contributed by atoms with Crippen LogP contribution in [0.2, 0.25) is 0 Å². The second kappa shape index (κ2) is 16.2. The largest absolute Gasteiger partial charge is 0.457 e. The quantitative estimate of drug-likeness (QED) is 0.128. The van der Waals surface area contributed by atoms with Crippen molar-refractivity contribution in [3.8, 4) is 11.5 Å². The molecule has 0 unspecified atom stereocenters. The number of nitrogens with zero attached hydrogens (tertiary/aromatic N) is 2. The highest BCUT2D eigenvalue weighted by Crippen LogP contribution is 2.38. The fraction of sp³-hybridized carbons (Fsp3) is 0.231. The molecule has 246 valence electrons. The van der Waals surface area contributed by atoms with Crippen molar-refractivity contribution in [3.05, 3.63) is 150 Å². The van der Waals surface area contributed by atoms with Crippen molar-refractivity contribution < 1.29 is 24.1 Å². The lowest BCUT2D eigenvalue weighted by Gasteiger charge is -2.38. The van der Waals surface area contributed by atoms with E-state index in [1.54, 1.807) is 24.3 Å². The van der Waals surface area contributed by atoms with E-state index in [9.17, 15) is 9.90 Å². The first-order valence-electron chi connectivity index (χ1n) is 16.1. The average molecular weight is 645 g/mol. The molecule has 4 aromatic carbocycles. The van der Waals surface area contributed by atoms with Crippen molar-refractivity contribution in [2.75, 3.05) is 30.8 Å². The Hall–Kier alpha value is -5.06. The summed E-state index contributed by atoms with van der Waals surface area (Å²) < 4.78 is 18.9. The van der Waals surface area contributed by atoms with Crippen LogP contribution in [0.1, 0.15) is 41.2 Å². The summed E-state index contributed by atoms with van der Waals surface area (Å²) in [4.78, 5) is 19.6. The molecule has 2 amide bonds. The van der Waals surface area contributed by atoms with Crippen molar-refractivity contribution in [2.45, 2.75) is 37.9 Å². The molecular formula is C39H40N4O5. The molecule has 9 heteroatoms. The molecule has 0 bridgehead atoms. The van der Waals surface area contributed by atoms with Gasteiger partial charge in [-0.1, -0.05) is 60.7 Å². The Balaban J connectivity index is 1.10. The predicted octanol–water partition coefficient (Wildman–Crippen LogP) is 7.73. The van der Waals surface area contributed by atoms with Gasteiger partial charge in [0, 0.05) is 54.8 Å². The maximum absolute atomic E-state index is 12.9. The first kappa shape index (κ1) is 32.9. The molecule has 0 aliphatic carbocycles. The first-order valence-corrected chi connectivity index (χ1v) is 16.1. The summed E-state index contributed by atoms with van der Waals surface area (Å²) in [6.45, 7) is 1.55. The van der Waals surface area contributed by atoms with Crippen molar-refractivity contribution >= 4 is 17.4 Å². The normalized spacial score (nSPS) is 17.5. The molecule has 3 atom stereocenters. The maximum Gasteiger partial charge on any atom is 0.323 e. The third-order valence-corrected chi connectivity index (χ3v) is 8.11. The molecule has 9 nitrogen and oxygen atoms in total. The van der Waals surface area contributed by atoms with Crippen LogP contribution in [0.4, 0.5) is 16.2 Å². The highest BCUT2D eigenvalue weighted by atomic mass is 16.7. The Kier molecular flexibility index (Phi) is 11.1. The van der Waals surface area contributed by atoms with Gasteiger partial charge in [-0.25, -0.2) is 4.79 Å². The van der Waals surface area contributed by atoms with E-state index >= 15 is 0 Å². The molecule has 6 rings (SSSR count). The number of benzene rings is 4. The van der Waals surface area contributed by atoms with Gasteiger partial charge < -0.3 is 34.9 Å². The molecule has 0 saturated carbocycles. The minimum absolute atomic E-state index is 0.0113. The number of hydrogen-bond acceptors (Lipinski definition) is 7. The number of anilines is 2. The van der Waals surface area contributed by atoms with Gasteiger partial charge >= 0.3 is 6.03 Å². The van der Waals surface area contributed by atoms with Gasteiger partial charge in [0.15, 0.2) is 6.29 Å². The second-order valence-electron chi connectivity index (χ2n) is 11.8. The monoisotopic (exact) mass is 644 g/mol. The van der Waals surface area contributed by atoms with Crippen LogP contribution in [0.5, 0.6) is 11.5 Å². The summed E-state index contributed by atoms with van der Waals surface area (Å²) in [6, 6.07) is 37.7. The number of carbonyl (C=O) groups excluding carboxylic acids is 1. The van der Waals surface area contributed by atoms with Gasteiger partial charge in [0.1, 0.15) is 11.5 Å². The van der Waals surface area contributed by atoms with E-state index in [0.717, 1.165) is 41.1 Å². The van der Waals surface area contributed by atoms with E-state index in [2.05, 4.69) is 27.6 Å². The molecule has 0 radical (unpaired) electrons. The molecule has 5 aromatic rings. The molecule has 1 aliphatic rings. The van der Waals surface area contributed by atoms with E-state index in [4.69, 9.17) is 14.2 Å². The smallest absolute Gasteiger partial charge is 0.323 e. The van der Waals surface area contributed by atoms with Crippen LogP contribution in [0.3, 0.4) is 0 Å². The molecule has 1 aromatic heterocycles. The number of urea groups is 1. The Morgan fingerprint density at radius 2 is 1.58 bits per heavy atom. The van der Waals surface area contributed by atoms with E-state index in [1.165, 1.54) is 0 Å². The lowest BCUT2D eigenvalue weighted by molar-refractivity contribution is -0.252. The number of carbonyl (C=O) groups is 1. The fourth-order valence-electron chi connectivity index (χ4n) is 5.61. The van der Waals surface area contributed by atoms with E-state index < -0.39 is 6.29 Å². The number of nitrogens with one attached hydrogen (secondary N) is 2. The molecule has 1 aliphatic heterocycles. The third-order valence-electron chi connectivity index (χ3n) is 8.11.